The van der Waals surface area contributed by atoms with Gasteiger partial charge in [0.1, 0.15) is 0 Å². The summed E-state index contributed by atoms with van der Waals surface area (Å²) in [6.45, 7) is 7.87. The lowest BCUT2D eigenvalue weighted by atomic mass is 9.78. The van der Waals surface area contributed by atoms with Gasteiger partial charge in [-0.15, -0.1) is 11.3 Å². The number of nitrogens with zero attached hydrogens (tertiary/aromatic N) is 1. The third-order valence-electron chi connectivity index (χ3n) is 4.39. The molecule has 1 atom stereocenters. The van der Waals surface area contributed by atoms with E-state index in [9.17, 15) is 0 Å². The van der Waals surface area contributed by atoms with Crippen LogP contribution in [0.5, 0.6) is 0 Å². The Kier molecular flexibility index (Phi) is 4.23. The van der Waals surface area contributed by atoms with E-state index in [4.69, 9.17) is 5.73 Å². The summed E-state index contributed by atoms with van der Waals surface area (Å²) in [4.78, 5) is 4.00. The molecule has 3 heteroatoms. The first-order chi connectivity index (χ1) is 8.18. The third-order valence-corrected chi connectivity index (χ3v) is 5.37. The van der Waals surface area contributed by atoms with Crippen molar-refractivity contribution in [1.82, 2.24) is 4.90 Å². The van der Waals surface area contributed by atoms with E-state index < -0.39 is 0 Å². The molecule has 0 bridgehead atoms. The maximum absolute atomic E-state index is 5.96. The van der Waals surface area contributed by atoms with Crippen molar-refractivity contribution in [2.75, 3.05) is 19.6 Å². The van der Waals surface area contributed by atoms with Crippen molar-refractivity contribution in [2.45, 2.75) is 39.2 Å². The van der Waals surface area contributed by atoms with Gasteiger partial charge in [0.15, 0.2) is 0 Å². The molecule has 1 fully saturated rings. The first kappa shape index (κ1) is 13.1. The second-order valence-corrected chi connectivity index (χ2v) is 6.45. The topological polar surface area (TPSA) is 29.3 Å². The quantitative estimate of drug-likeness (QED) is 0.891. The van der Waals surface area contributed by atoms with E-state index in [0.717, 1.165) is 6.54 Å². The van der Waals surface area contributed by atoms with Crippen LogP contribution in [-0.2, 0) is 0 Å². The Balaban J connectivity index is 2.00. The minimum atomic E-state index is 0.441. The van der Waals surface area contributed by atoms with Gasteiger partial charge in [-0.3, -0.25) is 4.90 Å². The fraction of sp³-hybridized carbons (Fsp3) is 0.714. The molecule has 2 rings (SSSR count). The Labute approximate surface area is 109 Å². The fourth-order valence-electron chi connectivity index (χ4n) is 2.66. The number of hydrogen-bond acceptors (Lipinski definition) is 3. The molecular weight excluding hydrogens is 228 g/mol. The lowest BCUT2D eigenvalue weighted by Gasteiger charge is -2.42. The van der Waals surface area contributed by atoms with Gasteiger partial charge in [0, 0.05) is 11.4 Å². The number of likely N-dealkylation sites (tertiary alicyclic amines) is 1. The van der Waals surface area contributed by atoms with E-state index in [1.54, 1.807) is 0 Å². The van der Waals surface area contributed by atoms with Crippen molar-refractivity contribution < 1.29 is 0 Å². The molecule has 2 heterocycles. The first-order valence-electron chi connectivity index (χ1n) is 6.66. The summed E-state index contributed by atoms with van der Waals surface area (Å²) < 4.78 is 0. The zero-order valence-electron chi connectivity index (χ0n) is 11.0. The van der Waals surface area contributed by atoms with Crippen LogP contribution >= 0.6 is 11.3 Å². The van der Waals surface area contributed by atoms with Crippen LogP contribution in [0.2, 0.25) is 0 Å². The van der Waals surface area contributed by atoms with Crippen LogP contribution < -0.4 is 5.73 Å². The normalized spacial score (nSPS) is 22.5. The molecule has 1 aliphatic heterocycles. The molecule has 1 saturated heterocycles. The van der Waals surface area contributed by atoms with Gasteiger partial charge in [0.05, 0.1) is 6.04 Å². The van der Waals surface area contributed by atoms with Gasteiger partial charge < -0.3 is 5.73 Å². The molecule has 1 aliphatic rings. The number of rotatable bonds is 4. The van der Waals surface area contributed by atoms with Crippen molar-refractivity contribution in [3.8, 4) is 0 Å². The van der Waals surface area contributed by atoms with Crippen LogP contribution in [0.1, 0.15) is 44.0 Å². The molecule has 0 aromatic carbocycles. The molecule has 2 N–H and O–H groups in total. The molecule has 1 aromatic heterocycles. The molecule has 96 valence electrons. The molecule has 17 heavy (non-hydrogen) atoms. The Morgan fingerprint density at radius 3 is 2.65 bits per heavy atom. The maximum atomic E-state index is 5.96. The van der Waals surface area contributed by atoms with Crippen LogP contribution in [0, 0.1) is 5.41 Å². The Morgan fingerprint density at radius 1 is 1.47 bits per heavy atom. The van der Waals surface area contributed by atoms with E-state index in [2.05, 4.69) is 36.3 Å². The molecular formula is C14H24N2S. The van der Waals surface area contributed by atoms with Gasteiger partial charge in [-0.25, -0.2) is 0 Å². The smallest absolute Gasteiger partial charge is 0.0564 e. The SMILES string of the molecule is CCC1(C)CCN(C(CN)c2cccs2)CC1. The molecule has 0 aliphatic carbocycles. The van der Waals surface area contributed by atoms with E-state index >= 15 is 0 Å². The number of piperidine rings is 1. The second kappa shape index (κ2) is 5.51. The largest absolute Gasteiger partial charge is 0.329 e. The Hall–Kier alpha value is -0.380. The minimum absolute atomic E-state index is 0.441. The van der Waals surface area contributed by atoms with Crippen LogP contribution in [0.4, 0.5) is 0 Å². The minimum Gasteiger partial charge on any atom is -0.329 e. The van der Waals surface area contributed by atoms with Crippen molar-refractivity contribution >= 4 is 11.3 Å². The second-order valence-electron chi connectivity index (χ2n) is 5.47. The Morgan fingerprint density at radius 2 is 2.18 bits per heavy atom. The van der Waals surface area contributed by atoms with Crippen LogP contribution in [0.25, 0.3) is 0 Å². The zero-order chi connectivity index (χ0) is 12.3. The predicted molar refractivity (Wildman–Crippen MR) is 75.3 cm³/mol. The van der Waals surface area contributed by atoms with Crippen LogP contribution in [0.3, 0.4) is 0 Å². The monoisotopic (exact) mass is 252 g/mol. The van der Waals surface area contributed by atoms with Crippen LogP contribution in [-0.4, -0.2) is 24.5 Å². The van der Waals surface area contributed by atoms with Gasteiger partial charge in [-0.05, 0) is 42.8 Å². The maximum Gasteiger partial charge on any atom is 0.0564 e. The van der Waals surface area contributed by atoms with Crippen molar-refractivity contribution in [3.05, 3.63) is 22.4 Å². The molecule has 0 radical (unpaired) electrons. The summed E-state index contributed by atoms with van der Waals surface area (Å²) in [7, 11) is 0. The molecule has 1 unspecified atom stereocenters. The summed E-state index contributed by atoms with van der Waals surface area (Å²) in [5, 5.41) is 2.15. The molecule has 0 saturated carbocycles. The van der Waals surface area contributed by atoms with E-state index in [1.165, 1.54) is 37.2 Å². The molecule has 0 amide bonds. The highest BCUT2D eigenvalue weighted by atomic mass is 32.1. The van der Waals surface area contributed by atoms with Crippen molar-refractivity contribution in [3.63, 3.8) is 0 Å². The van der Waals surface area contributed by atoms with Gasteiger partial charge in [0.2, 0.25) is 0 Å². The van der Waals surface area contributed by atoms with Crippen molar-refractivity contribution in [2.24, 2.45) is 11.1 Å². The Bertz CT molecular complexity index is 326. The van der Waals surface area contributed by atoms with E-state index in [1.807, 2.05) is 11.3 Å². The number of nitrogens with two attached hydrogens (primary N) is 1. The predicted octanol–water partition coefficient (Wildman–Crippen LogP) is 3.26. The average Bonchev–Trinajstić information content (AvgIpc) is 2.87. The highest BCUT2D eigenvalue weighted by Crippen LogP contribution is 2.37. The zero-order valence-corrected chi connectivity index (χ0v) is 11.8. The van der Waals surface area contributed by atoms with E-state index in [0.29, 0.717) is 11.5 Å². The summed E-state index contributed by atoms with van der Waals surface area (Å²) in [5.74, 6) is 0. The lowest BCUT2D eigenvalue weighted by molar-refractivity contribution is 0.0841. The standard InChI is InChI=1S/C14H24N2S/c1-3-14(2)6-8-16(9-7-14)12(11-15)13-5-4-10-17-13/h4-5,10,12H,3,6-9,11,15H2,1-2H3. The summed E-state index contributed by atoms with van der Waals surface area (Å²) >= 11 is 1.83. The highest BCUT2D eigenvalue weighted by Gasteiger charge is 2.31. The number of hydrogen-bond donors (Lipinski definition) is 1. The summed E-state index contributed by atoms with van der Waals surface area (Å²) in [6.07, 6.45) is 3.92. The molecule has 0 spiro atoms. The highest BCUT2D eigenvalue weighted by molar-refractivity contribution is 7.10. The van der Waals surface area contributed by atoms with Gasteiger partial charge >= 0.3 is 0 Å². The summed E-state index contributed by atoms with van der Waals surface area (Å²) in [6, 6.07) is 4.79. The van der Waals surface area contributed by atoms with Gasteiger partial charge in [-0.1, -0.05) is 26.3 Å². The summed E-state index contributed by atoms with van der Waals surface area (Å²) in [5.41, 5.74) is 6.52. The first-order valence-corrected chi connectivity index (χ1v) is 7.54. The molecule has 2 nitrogen and oxygen atoms in total. The fourth-order valence-corrected chi connectivity index (χ4v) is 3.53. The van der Waals surface area contributed by atoms with Crippen LogP contribution in [0.15, 0.2) is 17.5 Å². The third kappa shape index (κ3) is 2.90. The van der Waals surface area contributed by atoms with Gasteiger partial charge in [0.25, 0.3) is 0 Å². The molecule has 1 aromatic rings. The number of thiophene rings is 1. The average molecular weight is 252 g/mol. The lowest BCUT2D eigenvalue weighted by Crippen LogP contribution is -2.42. The van der Waals surface area contributed by atoms with E-state index in [-0.39, 0.29) is 0 Å². The van der Waals surface area contributed by atoms with Gasteiger partial charge in [-0.2, -0.15) is 0 Å². The van der Waals surface area contributed by atoms with Crippen molar-refractivity contribution in [1.29, 1.82) is 0 Å².